The number of benzene rings is 3. The maximum atomic E-state index is 5.03. The van der Waals surface area contributed by atoms with Crippen LogP contribution in [-0.4, -0.2) is 5.71 Å². The van der Waals surface area contributed by atoms with Gasteiger partial charge in [-0.15, -0.1) is 0 Å². The van der Waals surface area contributed by atoms with Crippen LogP contribution in [0.15, 0.2) is 132 Å². The van der Waals surface area contributed by atoms with Crippen LogP contribution in [0.2, 0.25) is 0 Å². The maximum Gasteiger partial charge on any atom is 0.0711 e. The fourth-order valence-corrected chi connectivity index (χ4v) is 3.70. The van der Waals surface area contributed by atoms with E-state index in [0.29, 0.717) is 0 Å². The lowest BCUT2D eigenvalue weighted by molar-refractivity contribution is 0.979. The van der Waals surface area contributed by atoms with E-state index in [-0.39, 0.29) is 0 Å². The zero-order valence-corrected chi connectivity index (χ0v) is 18.0. The van der Waals surface area contributed by atoms with Crippen LogP contribution in [0.5, 0.6) is 0 Å². The highest BCUT2D eigenvalue weighted by Gasteiger charge is 2.07. The Morgan fingerprint density at radius 2 is 1.45 bits per heavy atom. The van der Waals surface area contributed by atoms with Gasteiger partial charge in [0.2, 0.25) is 0 Å². The molecule has 3 aromatic carbocycles. The van der Waals surface area contributed by atoms with Gasteiger partial charge in [0.1, 0.15) is 0 Å². The highest BCUT2D eigenvalue weighted by molar-refractivity contribution is 6.02. The van der Waals surface area contributed by atoms with Crippen molar-refractivity contribution < 1.29 is 0 Å². The summed E-state index contributed by atoms with van der Waals surface area (Å²) in [5.41, 5.74) is 8.87. The van der Waals surface area contributed by atoms with Crippen molar-refractivity contribution in [3.63, 3.8) is 0 Å². The van der Waals surface area contributed by atoms with E-state index >= 15 is 0 Å². The molecule has 0 unspecified atom stereocenters. The summed E-state index contributed by atoms with van der Waals surface area (Å²) in [6, 6.07) is 29.4. The number of rotatable bonds is 6. The van der Waals surface area contributed by atoms with Crippen LogP contribution < -0.4 is 0 Å². The molecule has 0 radical (unpaired) electrons. The molecule has 0 aromatic heterocycles. The van der Waals surface area contributed by atoms with Gasteiger partial charge in [0.15, 0.2) is 0 Å². The number of hydrogen-bond acceptors (Lipinski definition) is 1. The van der Waals surface area contributed by atoms with Crippen LogP contribution in [-0.2, 0) is 0 Å². The van der Waals surface area contributed by atoms with Crippen molar-refractivity contribution in [2.75, 3.05) is 0 Å². The first kappa shape index (κ1) is 20.6. The Balaban J connectivity index is 1.65. The Hall–Kier alpha value is -3.71. The monoisotopic (exact) mass is 401 g/mol. The van der Waals surface area contributed by atoms with Crippen LogP contribution in [0, 0.1) is 0 Å². The molecule has 31 heavy (non-hydrogen) atoms. The molecule has 0 heterocycles. The van der Waals surface area contributed by atoms with Crippen LogP contribution in [0.1, 0.15) is 30.9 Å². The van der Waals surface area contributed by atoms with Crippen molar-refractivity contribution >= 4 is 11.4 Å². The lowest BCUT2D eigenvalue weighted by Crippen LogP contribution is -1.97. The molecule has 4 rings (SSSR count). The molecular formula is C30H27N. The Labute approximate surface area is 185 Å². The minimum atomic E-state index is 0.936. The molecule has 0 saturated carbocycles. The molecule has 152 valence electrons. The SMILES string of the molecule is C=C(/C=C(\N=C(C)c1ccc(-c2ccccc2)cc1)c1ccccc1)C1=CC=CCC1. The second-order valence-corrected chi connectivity index (χ2v) is 7.72. The van der Waals surface area contributed by atoms with E-state index in [2.05, 4.69) is 98.5 Å². The first-order chi connectivity index (χ1) is 15.2. The summed E-state index contributed by atoms with van der Waals surface area (Å²) in [6.45, 7) is 6.39. The fraction of sp³-hybridized carbons (Fsp3) is 0.100. The van der Waals surface area contributed by atoms with Crippen molar-refractivity contribution in [3.05, 3.63) is 138 Å². The van der Waals surface area contributed by atoms with Gasteiger partial charge in [-0.2, -0.15) is 0 Å². The van der Waals surface area contributed by atoms with E-state index in [1.807, 2.05) is 24.3 Å². The summed E-state index contributed by atoms with van der Waals surface area (Å²) in [4.78, 5) is 5.03. The summed E-state index contributed by atoms with van der Waals surface area (Å²) >= 11 is 0. The molecule has 1 aliphatic carbocycles. The van der Waals surface area contributed by atoms with Gasteiger partial charge in [-0.25, -0.2) is 0 Å². The van der Waals surface area contributed by atoms with Gasteiger partial charge < -0.3 is 0 Å². The summed E-state index contributed by atoms with van der Waals surface area (Å²) in [6.07, 6.45) is 10.7. The molecular weight excluding hydrogens is 374 g/mol. The maximum absolute atomic E-state index is 5.03. The van der Waals surface area contributed by atoms with Crippen molar-refractivity contribution in [1.29, 1.82) is 0 Å². The van der Waals surface area contributed by atoms with Crippen LogP contribution >= 0.6 is 0 Å². The first-order valence-corrected chi connectivity index (χ1v) is 10.7. The molecule has 1 nitrogen and oxygen atoms in total. The summed E-state index contributed by atoms with van der Waals surface area (Å²) in [7, 11) is 0. The van der Waals surface area contributed by atoms with Gasteiger partial charge in [0.25, 0.3) is 0 Å². The second kappa shape index (κ2) is 9.86. The highest BCUT2D eigenvalue weighted by atomic mass is 14.8. The van der Waals surface area contributed by atoms with Gasteiger partial charge >= 0.3 is 0 Å². The smallest absolute Gasteiger partial charge is 0.0711 e. The third-order valence-corrected chi connectivity index (χ3v) is 5.50. The average Bonchev–Trinajstić information content (AvgIpc) is 2.85. The van der Waals surface area contributed by atoms with E-state index in [0.717, 1.165) is 41.0 Å². The first-order valence-electron chi connectivity index (χ1n) is 10.7. The van der Waals surface area contributed by atoms with E-state index in [1.165, 1.54) is 16.7 Å². The molecule has 0 fully saturated rings. The second-order valence-electron chi connectivity index (χ2n) is 7.72. The Kier molecular flexibility index (Phi) is 6.54. The van der Waals surface area contributed by atoms with Crippen molar-refractivity contribution in [3.8, 4) is 11.1 Å². The van der Waals surface area contributed by atoms with Crippen molar-refractivity contribution in [1.82, 2.24) is 0 Å². The predicted molar refractivity (Wildman–Crippen MR) is 134 cm³/mol. The van der Waals surface area contributed by atoms with Crippen molar-refractivity contribution in [2.24, 2.45) is 4.99 Å². The summed E-state index contributed by atoms with van der Waals surface area (Å²) in [5.74, 6) is 0. The number of hydrogen-bond donors (Lipinski definition) is 0. The van der Waals surface area contributed by atoms with E-state index < -0.39 is 0 Å². The molecule has 1 heteroatoms. The fourth-order valence-electron chi connectivity index (χ4n) is 3.70. The van der Waals surface area contributed by atoms with E-state index in [9.17, 15) is 0 Å². The van der Waals surface area contributed by atoms with Gasteiger partial charge in [-0.1, -0.05) is 110 Å². The molecule has 0 bridgehead atoms. The molecule has 3 aromatic rings. The number of aliphatic imine (C=N–C) groups is 1. The Morgan fingerprint density at radius 3 is 2.10 bits per heavy atom. The standard InChI is InChI=1S/C30H27N/c1-23(25-12-6-3-7-13-25)22-30(29-16-10-5-11-17-29)31-24(2)26-18-20-28(21-19-26)27-14-8-4-9-15-27/h3-6,8-12,14-22H,1,7,13H2,2H3/b30-22-,31-24?. The molecule has 0 amide bonds. The third kappa shape index (κ3) is 5.26. The minimum absolute atomic E-state index is 0.936. The van der Waals surface area contributed by atoms with Gasteiger partial charge in [0.05, 0.1) is 5.70 Å². The van der Waals surface area contributed by atoms with Gasteiger partial charge in [0, 0.05) is 11.3 Å². The van der Waals surface area contributed by atoms with Crippen molar-refractivity contribution in [2.45, 2.75) is 19.8 Å². The minimum Gasteiger partial charge on any atom is -0.252 e. The lowest BCUT2D eigenvalue weighted by Gasteiger charge is -2.11. The zero-order valence-electron chi connectivity index (χ0n) is 18.0. The quantitative estimate of drug-likeness (QED) is 0.293. The van der Waals surface area contributed by atoms with Crippen LogP contribution in [0.3, 0.4) is 0 Å². The van der Waals surface area contributed by atoms with Gasteiger partial charge in [-0.3, -0.25) is 4.99 Å². The van der Waals surface area contributed by atoms with Gasteiger partial charge in [-0.05, 0) is 53.7 Å². The topological polar surface area (TPSA) is 12.4 Å². The summed E-state index contributed by atoms with van der Waals surface area (Å²) < 4.78 is 0. The highest BCUT2D eigenvalue weighted by Crippen LogP contribution is 2.26. The van der Waals surface area contributed by atoms with E-state index in [4.69, 9.17) is 4.99 Å². The third-order valence-electron chi connectivity index (χ3n) is 5.50. The number of nitrogens with zero attached hydrogens (tertiary/aromatic N) is 1. The molecule has 0 atom stereocenters. The molecule has 1 aliphatic rings. The van der Waals surface area contributed by atoms with Crippen LogP contribution in [0.4, 0.5) is 0 Å². The largest absolute Gasteiger partial charge is 0.252 e. The molecule has 0 spiro atoms. The molecule has 0 aliphatic heterocycles. The predicted octanol–water partition coefficient (Wildman–Crippen LogP) is 8.04. The van der Waals surface area contributed by atoms with Crippen LogP contribution in [0.25, 0.3) is 16.8 Å². The number of allylic oxidation sites excluding steroid dienone is 6. The lowest BCUT2D eigenvalue weighted by atomic mass is 9.96. The van der Waals surface area contributed by atoms with E-state index in [1.54, 1.807) is 0 Å². The molecule has 0 saturated heterocycles. The average molecular weight is 402 g/mol. The Morgan fingerprint density at radius 1 is 0.806 bits per heavy atom. The molecule has 0 N–H and O–H groups in total. The Bertz CT molecular complexity index is 1160. The summed E-state index contributed by atoms with van der Waals surface area (Å²) in [5, 5.41) is 0. The zero-order chi connectivity index (χ0) is 21.5. The normalized spacial score (nSPS) is 14.3.